The van der Waals surface area contributed by atoms with E-state index in [0.29, 0.717) is 18.2 Å². The molecule has 0 fully saturated rings. The van der Waals surface area contributed by atoms with E-state index in [-0.39, 0.29) is 5.39 Å². The fraction of sp³-hybridized carbons (Fsp3) is 0.100. The van der Waals surface area contributed by atoms with E-state index in [1.807, 2.05) is 4.98 Å². The van der Waals surface area contributed by atoms with Crippen LogP contribution in [0.2, 0.25) is 0 Å². The topological polar surface area (TPSA) is 32.9 Å². The number of nitrogens with one attached hydrogen (secondary N) is 1. The van der Waals surface area contributed by atoms with Gasteiger partial charge in [0.25, 0.3) is 0 Å². The van der Waals surface area contributed by atoms with Crippen LogP contribution >= 0.6 is 0 Å². The third-order valence-electron chi connectivity index (χ3n) is 2.18. The number of aromatic nitrogens is 1. The van der Waals surface area contributed by atoms with Gasteiger partial charge in [0.15, 0.2) is 17.1 Å². The van der Waals surface area contributed by atoms with Crippen LogP contribution < -0.4 is 5.43 Å². The fourth-order valence-electron chi connectivity index (χ4n) is 1.40. The predicted molar refractivity (Wildman–Crippen MR) is 49.5 cm³/mol. The number of H-pyrrole nitrogens is 1. The van der Waals surface area contributed by atoms with E-state index >= 15 is 0 Å². The molecule has 0 aliphatic rings. The van der Waals surface area contributed by atoms with Crippen molar-refractivity contribution < 1.29 is 22.0 Å². The van der Waals surface area contributed by atoms with Gasteiger partial charge in [0, 0.05) is 17.5 Å². The summed E-state index contributed by atoms with van der Waals surface area (Å²) in [7, 11) is 0. The average molecular weight is 249 g/mol. The summed E-state index contributed by atoms with van der Waals surface area (Å²) in [6.45, 7) is 0. The minimum absolute atomic E-state index is 0.305. The lowest BCUT2D eigenvalue weighted by Crippen LogP contribution is -2.14. The van der Waals surface area contributed by atoms with Gasteiger partial charge in [-0.05, 0) is 6.07 Å². The first kappa shape index (κ1) is 11.6. The Morgan fingerprint density at radius 3 is 2.18 bits per heavy atom. The van der Waals surface area contributed by atoms with Gasteiger partial charge >= 0.3 is 6.18 Å². The minimum Gasteiger partial charge on any atom is -0.351 e. The minimum atomic E-state index is -4.75. The van der Waals surface area contributed by atoms with Crippen LogP contribution in [0.15, 0.2) is 23.0 Å². The van der Waals surface area contributed by atoms with Crippen molar-refractivity contribution in [1.29, 1.82) is 0 Å². The van der Waals surface area contributed by atoms with Crippen molar-refractivity contribution in [3.05, 3.63) is 45.8 Å². The average Bonchev–Trinajstić information content (AvgIpc) is 2.19. The molecule has 0 atom stereocenters. The summed E-state index contributed by atoms with van der Waals surface area (Å²) in [4.78, 5) is 13.1. The van der Waals surface area contributed by atoms with Gasteiger partial charge in [-0.2, -0.15) is 13.2 Å². The molecule has 0 saturated carbocycles. The largest absolute Gasteiger partial charge is 0.431 e. The van der Waals surface area contributed by atoms with Crippen LogP contribution in [-0.4, -0.2) is 4.98 Å². The Labute approximate surface area is 90.7 Å². The van der Waals surface area contributed by atoms with E-state index in [1.54, 1.807) is 0 Å². The van der Waals surface area contributed by atoms with Gasteiger partial charge in [-0.25, -0.2) is 8.78 Å². The number of hydrogen-bond donors (Lipinski definition) is 1. The van der Waals surface area contributed by atoms with E-state index in [4.69, 9.17) is 0 Å². The predicted octanol–water partition coefficient (Wildman–Crippen LogP) is 2.83. The summed E-state index contributed by atoms with van der Waals surface area (Å²) in [6.07, 6.45) is -4.75. The molecule has 0 aliphatic carbocycles. The third-order valence-corrected chi connectivity index (χ3v) is 2.18. The van der Waals surface area contributed by atoms with Gasteiger partial charge in [-0.15, -0.1) is 0 Å². The Kier molecular flexibility index (Phi) is 2.41. The molecule has 0 saturated heterocycles. The van der Waals surface area contributed by atoms with Crippen LogP contribution in [-0.2, 0) is 6.18 Å². The van der Waals surface area contributed by atoms with Crippen LogP contribution in [0.4, 0.5) is 22.0 Å². The van der Waals surface area contributed by atoms with Crippen molar-refractivity contribution in [2.45, 2.75) is 6.18 Å². The van der Waals surface area contributed by atoms with Crippen molar-refractivity contribution in [2.24, 2.45) is 0 Å². The maximum atomic E-state index is 12.8. The number of rotatable bonds is 0. The van der Waals surface area contributed by atoms with Gasteiger partial charge in [0.1, 0.15) is 5.69 Å². The standard InChI is InChI=1S/C10H4F5NO/c11-5-1-4-7(2-6(5)12)16-9(3-8(4)17)10(13,14)15/h1-3H,(H,16,17). The molecule has 0 bridgehead atoms. The number of hydrogen-bond acceptors (Lipinski definition) is 1. The highest BCUT2D eigenvalue weighted by molar-refractivity contribution is 5.78. The van der Waals surface area contributed by atoms with Crippen molar-refractivity contribution in [1.82, 2.24) is 4.98 Å². The SMILES string of the molecule is O=c1cc(C(F)(F)F)[nH]c2cc(F)c(F)cc12. The molecule has 1 aromatic heterocycles. The second-order valence-corrected chi connectivity index (χ2v) is 3.36. The molecule has 17 heavy (non-hydrogen) atoms. The Hall–Kier alpha value is -1.92. The molecule has 7 heteroatoms. The fourth-order valence-corrected chi connectivity index (χ4v) is 1.40. The molecule has 1 aromatic carbocycles. The molecule has 0 radical (unpaired) electrons. The molecule has 90 valence electrons. The number of fused-ring (bicyclic) bond motifs is 1. The zero-order valence-electron chi connectivity index (χ0n) is 8.03. The van der Waals surface area contributed by atoms with Gasteiger partial charge in [-0.3, -0.25) is 4.79 Å². The van der Waals surface area contributed by atoms with Crippen LogP contribution in [0.5, 0.6) is 0 Å². The highest BCUT2D eigenvalue weighted by atomic mass is 19.4. The van der Waals surface area contributed by atoms with Crippen LogP contribution in [0.3, 0.4) is 0 Å². The first-order valence-electron chi connectivity index (χ1n) is 4.38. The quantitative estimate of drug-likeness (QED) is 0.715. The molecule has 0 aliphatic heterocycles. The van der Waals surface area contributed by atoms with Gasteiger partial charge in [-0.1, -0.05) is 0 Å². The highest BCUT2D eigenvalue weighted by Gasteiger charge is 2.32. The summed E-state index contributed by atoms with van der Waals surface area (Å²) in [5.74, 6) is -2.62. The maximum Gasteiger partial charge on any atom is 0.431 e. The smallest absolute Gasteiger partial charge is 0.351 e. The first-order chi connectivity index (χ1) is 7.79. The lowest BCUT2D eigenvalue weighted by atomic mass is 10.2. The molecule has 2 rings (SSSR count). The summed E-state index contributed by atoms with van der Waals surface area (Å²) in [6, 6.07) is 1.38. The number of benzene rings is 1. The number of alkyl halides is 3. The van der Waals surface area contributed by atoms with Crippen molar-refractivity contribution >= 4 is 10.9 Å². The number of aromatic amines is 1. The Bertz CT molecular complexity index is 643. The molecule has 2 nitrogen and oxygen atoms in total. The Morgan fingerprint density at radius 2 is 1.59 bits per heavy atom. The summed E-state index contributed by atoms with van der Waals surface area (Å²) in [5.41, 5.74) is -2.73. The highest BCUT2D eigenvalue weighted by Crippen LogP contribution is 2.27. The molecular weight excluding hydrogens is 245 g/mol. The number of pyridine rings is 1. The molecule has 1 heterocycles. The van der Waals surface area contributed by atoms with E-state index < -0.39 is 34.5 Å². The molecular formula is C10H4F5NO. The van der Waals surface area contributed by atoms with Crippen LogP contribution in [0.1, 0.15) is 5.69 Å². The van der Waals surface area contributed by atoms with Gasteiger partial charge in [0.2, 0.25) is 0 Å². The summed E-state index contributed by atoms with van der Waals surface area (Å²) < 4.78 is 62.7. The Balaban J connectivity index is 2.83. The molecule has 0 spiro atoms. The monoisotopic (exact) mass is 249 g/mol. The van der Waals surface area contributed by atoms with Crippen molar-refractivity contribution in [2.75, 3.05) is 0 Å². The summed E-state index contributed by atoms with van der Waals surface area (Å²) in [5, 5.41) is -0.336. The summed E-state index contributed by atoms with van der Waals surface area (Å²) >= 11 is 0. The number of halogens is 5. The molecule has 0 amide bonds. The molecule has 0 unspecified atom stereocenters. The first-order valence-corrected chi connectivity index (χ1v) is 4.38. The van der Waals surface area contributed by atoms with Crippen molar-refractivity contribution in [3.8, 4) is 0 Å². The normalized spacial score (nSPS) is 12.1. The molecule has 2 aromatic rings. The van der Waals surface area contributed by atoms with E-state index in [1.165, 1.54) is 0 Å². The van der Waals surface area contributed by atoms with Gasteiger partial charge in [0.05, 0.1) is 5.52 Å². The van der Waals surface area contributed by atoms with E-state index in [9.17, 15) is 26.7 Å². The zero-order valence-corrected chi connectivity index (χ0v) is 8.03. The third kappa shape index (κ3) is 2.00. The second-order valence-electron chi connectivity index (χ2n) is 3.36. The lowest BCUT2D eigenvalue weighted by molar-refractivity contribution is -0.141. The van der Waals surface area contributed by atoms with E-state index in [2.05, 4.69) is 0 Å². The van der Waals surface area contributed by atoms with Crippen molar-refractivity contribution in [3.63, 3.8) is 0 Å². The van der Waals surface area contributed by atoms with Gasteiger partial charge < -0.3 is 4.98 Å². The zero-order chi connectivity index (χ0) is 12.8. The van der Waals surface area contributed by atoms with Crippen LogP contribution in [0, 0.1) is 11.6 Å². The maximum absolute atomic E-state index is 12.8. The molecule has 1 N–H and O–H groups in total. The lowest BCUT2D eigenvalue weighted by Gasteiger charge is -2.07. The second kappa shape index (κ2) is 3.54. The van der Waals surface area contributed by atoms with E-state index in [0.717, 1.165) is 0 Å². The Morgan fingerprint density at radius 1 is 1.00 bits per heavy atom. The van der Waals surface area contributed by atoms with Crippen LogP contribution in [0.25, 0.3) is 10.9 Å².